The Bertz CT molecular complexity index is 1450. The van der Waals surface area contributed by atoms with Gasteiger partial charge >= 0.3 is 0 Å². The fraction of sp³-hybridized carbons (Fsp3) is 0. The Morgan fingerprint density at radius 2 is 1.70 bits per heavy atom. The maximum atomic E-state index is 5.95. The number of hydrogen-bond acceptors (Lipinski definition) is 2. The van der Waals surface area contributed by atoms with Crippen LogP contribution in [0.25, 0.3) is 39.6 Å². The van der Waals surface area contributed by atoms with Gasteiger partial charge in [0.1, 0.15) is 11.0 Å². The predicted molar refractivity (Wildman–Crippen MR) is 125 cm³/mol. The van der Waals surface area contributed by atoms with Crippen LogP contribution in [0, 0.1) is 12.3 Å². The van der Waals surface area contributed by atoms with Crippen molar-refractivity contribution in [3.05, 3.63) is 101 Å². The van der Waals surface area contributed by atoms with E-state index in [1.54, 1.807) is 4.80 Å². The smallest absolute Gasteiger partial charge is 0.121 e. The lowest BCUT2D eigenvalue weighted by molar-refractivity contribution is 0.766. The van der Waals surface area contributed by atoms with Gasteiger partial charge in [-0.25, -0.2) is 0 Å². The minimum atomic E-state index is 0.715. The molecule has 0 spiro atoms. The van der Waals surface area contributed by atoms with Crippen LogP contribution in [0.1, 0.15) is 16.7 Å². The fourth-order valence-corrected chi connectivity index (χ4v) is 3.59. The minimum Gasteiger partial charge on any atom is -0.150 e. The summed E-state index contributed by atoms with van der Waals surface area (Å²) in [6, 6.07) is 25.8. The van der Waals surface area contributed by atoms with Crippen LogP contribution < -0.4 is 0 Å². The molecule has 30 heavy (non-hydrogen) atoms. The molecule has 0 aliphatic carbocycles. The largest absolute Gasteiger partial charge is 0.150 e. The Balaban J connectivity index is 1.53. The van der Waals surface area contributed by atoms with Gasteiger partial charge < -0.3 is 0 Å². The van der Waals surface area contributed by atoms with E-state index in [9.17, 15) is 0 Å². The summed E-state index contributed by atoms with van der Waals surface area (Å²) in [5.41, 5.74) is 5.34. The predicted octanol–water partition coefficient (Wildman–Crippen LogP) is 6.38. The summed E-state index contributed by atoms with van der Waals surface area (Å²) >= 11 is 5.95. The first-order valence-electron chi connectivity index (χ1n) is 9.51. The van der Waals surface area contributed by atoms with Gasteiger partial charge in [0.15, 0.2) is 0 Å². The summed E-state index contributed by atoms with van der Waals surface area (Å²) in [6.45, 7) is 0. The molecule has 0 amide bonds. The average molecular weight is 406 g/mol. The molecule has 4 aromatic carbocycles. The molecular weight excluding hydrogens is 390 g/mol. The van der Waals surface area contributed by atoms with Crippen LogP contribution in [-0.4, -0.2) is 15.0 Å². The zero-order valence-corrected chi connectivity index (χ0v) is 16.7. The molecule has 5 rings (SSSR count). The third kappa shape index (κ3) is 3.34. The van der Waals surface area contributed by atoms with Gasteiger partial charge in [-0.1, -0.05) is 78.2 Å². The van der Waals surface area contributed by atoms with Gasteiger partial charge in [0.2, 0.25) is 0 Å². The van der Waals surface area contributed by atoms with Gasteiger partial charge in [-0.2, -0.15) is 4.80 Å². The Kier molecular flexibility index (Phi) is 4.55. The van der Waals surface area contributed by atoms with Gasteiger partial charge in [0.05, 0.1) is 5.69 Å². The van der Waals surface area contributed by atoms with E-state index in [2.05, 4.69) is 29.2 Å². The zero-order valence-electron chi connectivity index (χ0n) is 16.0. The number of terminal acetylenes is 1. The van der Waals surface area contributed by atoms with Crippen molar-refractivity contribution in [1.29, 1.82) is 0 Å². The Morgan fingerprint density at radius 3 is 2.53 bits per heavy atom. The molecule has 0 saturated carbocycles. The SMILES string of the molecule is C#Cc1cc(-n2nc3ccc4ccccc4c3n2)ccc1/C=C/c1ccc(Cl)cc1. The van der Waals surface area contributed by atoms with Gasteiger partial charge in [-0.05, 0) is 46.8 Å². The van der Waals surface area contributed by atoms with Crippen LogP contribution in [0.4, 0.5) is 0 Å². The Hall–Kier alpha value is -3.87. The number of benzene rings is 4. The third-order valence-corrected chi connectivity index (χ3v) is 5.28. The highest BCUT2D eigenvalue weighted by atomic mass is 35.5. The Morgan fingerprint density at radius 1 is 0.867 bits per heavy atom. The highest BCUT2D eigenvalue weighted by Crippen LogP contribution is 2.24. The second-order valence-corrected chi connectivity index (χ2v) is 7.38. The molecular formula is C26H16ClN3. The number of aromatic nitrogens is 3. The van der Waals surface area contributed by atoms with E-state index in [4.69, 9.17) is 23.1 Å². The second kappa shape index (κ2) is 7.51. The molecule has 0 atom stereocenters. The van der Waals surface area contributed by atoms with Crippen LogP contribution in [0.2, 0.25) is 5.02 Å². The number of fused-ring (bicyclic) bond motifs is 3. The normalized spacial score (nSPS) is 11.3. The maximum absolute atomic E-state index is 5.95. The summed E-state index contributed by atoms with van der Waals surface area (Å²) in [4.78, 5) is 1.64. The van der Waals surface area contributed by atoms with Crippen LogP contribution in [0.5, 0.6) is 0 Å². The summed E-state index contributed by atoms with van der Waals surface area (Å²) in [6.07, 6.45) is 9.80. The lowest BCUT2D eigenvalue weighted by Crippen LogP contribution is -1.99. The fourth-order valence-electron chi connectivity index (χ4n) is 3.46. The highest BCUT2D eigenvalue weighted by Gasteiger charge is 2.09. The summed E-state index contributed by atoms with van der Waals surface area (Å²) in [5, 5.41) is 12.3. The van der Waals surface area contributed by atoms with Crippen molar-refractivity contribution in [2.75, 3.05) is 0 Å². The molecule has 0 saturated heterocycles. The quantitative estimate of drug-likeness (QED) is 0.257. The molecule has 3 nitrogen and oxygen atoms in total. The third-order valence-electron chi connectivity index (χ3n) is 5.03. The van der Waals surface area contributed by atoms with Crippen molar-refractivity contribution in [2.24, 2.45) is 0 Å². The van der Waals surface area contributed by atoms with Gasteiger partial charge in [-0.15, -0.1) is 16.6 Å². The van der Waals surface area contributed by atoms with E-state index in [1.807, 2.05) is 72.8 Å². The molecule has 0 unspecified atom stereocenters. The molecule has 142 valence electrons. The van der Waals surface area contributed by atoms with Crippen molar-refractivity contribution < 1.29 is 0 Å². The Labute approximate surface area is 179 Å². The monoisotopic (exact) mass is 405 g/mol. The number of rotatable bonds is 3. The van der Waals surface area contributed by atoms with Crippen molar-refractivity contribution in [3.63, 3.8) is 0 Å². The molecule has 0 fully saturated rings. The van der Waals surface area contributed by atoms with E-state index in [-0.39, 0.29) is 0 Å². The summed E-state index contributed by atoms with van der Waals surface area (Å²) in [7, 11) is 0. The highest BCUT2D eigenvalue weighted by molar-refractivity contribution is 6.30. The molecule has 0 aliphatic rings. The van der Waals surface area contributed by atoms with Crippen LogP contribution in [0.3, 0.4) is 0 Å². The number of hydrogen-bond donors (Lipinski definition) is 0. The van der Waals surface area contributed by atoms with Crippen LogP contribution >= 0.6 is 11.6 Å². The average Bonchev–Trinajstić information content (AvgIpc) is 3.23. The van der Waals surface area contributed by atoms with E-state index >= 15 is 0 Å². The van der Waals surface area contributed by atoms with Crippen LogP contribution in [-0.2, 0) is 0 Å². The lowest BCUT2D eigenvalue weighted by atomic mass is 10.1. The molecule has 4 heteroatoms. The van der Waals surface area contributed by atoms with E-state index in [0.29, 0.717) is 5.02 Å². The summed E-state index contributed by atoms with van der Waals surface area (Å²) < 4.78 is 0. The topological polar surface area (TPSA) is 30.7 Å². The molecule has 0 aliphatic heterocycles. The van der Waals surface area contributed by atoms with Crippen molar-refractivity contribution in [1.82, 2.24) is 15.0 Å². The maximum Gasteiger partial charge on any atom is 0.121 e. The van der Waals surface area contributed by atoms with Crippen LogP contribution in [0.15, 0.2) is 78.9 Å². The molecule has 5 aromatic rings. The van der Waals surface area contributed by atoms with Crippen molar-refractivity contribution >= 4 is 45.6 Å². The van der Waals surface area contributed by atoms with Crippen molar-refractivity contribution in [3.8, 4) is 18.0 Å². The van der Waals surface area contributed by atoms with Gasteiger partial charge in [0.25, 0.3) is 0 Å². The molecule has 1 aromatic heterocycles. The molecule has 0 radical (unpaired) electrons. The first-order chi connectivity index (χ1) is 14.7. The molecule has 1 heterocycles. The number of nitrogens with zero attached hydrogens (tertiary/aromatic N) is 3. The van der Waals surface area contributed by atoms with E-state index < -0.39 is 0 Å². The van der Waals surface area contributed by atoms with E-state index in [1.165, 1.54) is 0 Å². The first-order valence-corrected chi connectivity index (χ1v) is 9.88. The first kappa shape index (κ1) is 18.2. The molecule has 0 bridgehead atoms. The molecule has 0 N–H and O–H groups in total. The second-order valence-electron chi connectivity index (χ2n) is 6.94. The minimum absolute atomic E-state index is 0.715. The summed E-state index contributed by atoms with van der Waals surface area (Å²) in [5.74, 6) is 2.77. The number of halogens is 1. The van der Waals surface area contributed by atoms with Gasteiger partial charge in [0, 0.05) is 16.0 Å². The lowest BCUT2D eigenvalue weighted by Gasteiger charge is -2.04. The van der Waals surface area contributed by atoms with Crippen molar-refractivity contribution in [2.45, 2.75) is 0 Å². The van der Waals surface area contributed by atoms with E-state index in [0.717, 1.165) is 44.2 Å². The van der Waals surface area contributed by atoms with Gasteiger partial charge in [-0.3, -0.25) is 0 Å². The standard InChI is InChI=1S/C26H16ClN3/c1-2-19-17-23(15-11-20(19)10-7-18-8-13-22(27)14-9-18)30-28-25-16-12-21-5-3-4-6-24(21)26(25)29-30/h1,3-17H/b10-7+. The zero-order chi connectivity index (χ0) is 20.5.